The van der Waals surface area contributed by atoms with Crippen LogP contribution in [0.25, 0.3) is 0 Å². The van der Waals surface area contributed by atoms with E-state index in [1.54, 1.807) is 30.4 Å². The molecule has 7 heteroatoms. The fourth-order valence-electron chi connectivity index (χ4n) is 4.95. The van der Waals surface area contributed by atoms with Gasteiger partial charge in [0.1, 0.15) is 29.5 Å². The Bertz CT molecular complexity index is 1080. The third kappa shape index (κ3) is 1.44. The van der Waals surface area contributed by atoms with Crippen LogP contribution in [0.15, 0.2) is 42.5 Å². The second-order valence-electron chi connectivity index (χ2n) is 7.50. The first-order valence-electron chi connectivity index (χ1n) is 8.83. The van der Waals surface area contributed by atoms with Crippen LogP contribution in [0.4, 0.5) is 0 Å². The molecule has 3 aliphatic heterocycles. The second kappa shape index (κ2) is 4.13. The first-order valence-corrected chi connectivity index (χ1v) is 8.83. The van der Waals surface area contributed by atoms with Crippen LogP contribution in [0.5, 0.6) is 17.2 Å². The van der Waals surface area contributed by atoms with E-state index >= 15 is 0 Å². The molecule has 0 saturated carbocycles. The number of ether oxygens (including phenoxy) is 4. The number of aliphatic hydroxyl groups excluding tert-OH is 2. The number of phenolic OH excluding ortho intramolecular Hbond substituents is 1. The number of phenols is 1. The molecule has 5 aliphatic rings. The van der Waals surface area contributed by atoms with E-state index in [-0.39, 0.29) is 5.75 Å². The van der Waals surface area contributed by atoms with E-state index in [4.69, 9.17) is 18.9 Å². The average molecular weight is 366 g/mol. The zero-order valence-corrected chi connectivity index (χ0v) is 13.8. The first kappa shape index (κ1) is 14.5. The predicted octanol–water partition coefficient (Wildman–Crippen LogP) is 1.62. The summed E-state index contributed by atoms with van der Waals surface area (Å²) in [7, 11) is 0. The molecule has 2 spiro atoms. The van der Waals surface area contributed by atoms with Crippen LogP contribution in [0.3, 0.4) is 0 Å². The molecule has 6 atom stereocenters. The zero-order valence-electron chi connectivity index (χ0n) is 13.8. The van der Waals surface area contributed by atoms with Crippen LogP contribution >= 0.6 is 0 Å². The van der Waals surface area contributed by atoms with Crippen molar-refractivity contribution in [3.63, 3.8) is 0 Å². The third-order valence-corrected chi connectivity index (χ3v) is 6.09. The highest BCUT2D eigenvalue weighted by molar-refractivity contribution is 5.61. The van der Waals surface area contributed by atoms with E-state index in [1.165, 1.54) is 6.07 Å². The van der Waals surface area contributed by atoms with Crippen molar-refractivity contribution in [1.82, 2.24) is 0 Å². The van der Waals surface area contributed by atoms with Crippen LogP contribution in [0.1, 0.15) is 34.5 Å². The van der Waals surface area contributed by atoms with Crippen molar-refractivity contribution in [3.8, 4) is 17.2 Å². The van der Waals surface area contributed by atoms with Crippen LogP contribution < -0.4 is 9.47 Å². The summed E-state index contributed by atoms with van der Waals surface area (Å²) < 4.78 is 24.8. The lowest BCUT2D eigenvalue weighted by molar-refractivity contribution is -0.347. The Hall–Kier alpha value is -2.58. The molecular formula is C20H14O7. The second-order valence-corrected chi connectivity index (χ2v) is 7.50. The summed E-state index contributed by atoms with van der Waals surface area (Å²) >= 11 is 0. The van der Waals surface area contributed by atoms with Crippen LogP contribution in [0.2, 0.25) is 0 Å². The number of rotatable bonds is 0. The molecule has 7 rings (SSSR count). The number of fused-ring (bicyclic) bond motifs is 1. The minimum absolute atomic E-state index is 0.0597. The number of benzene rings is 2. The van der Waals surface area contributed by atoms with E-state index in [0.29, 0.717) is 33.8 Å². The average Bonchev–Trinajstić information content (AvgIpc) is 3.46. The number of epoxide rings is 1. The highest BCUT2D eigenvalue weighted by atomic mass is 16.8. The van der Waals surface area contributed by atoms with Gasteiger partial charge in [0.05, 0.1) is 17.2 Å². The molecule has 2 bridgehead atoms. The minimum Gasteiger partial charge on any atom is -0.508 e. The molecule has 0 unspecified atom stereocenters. The van der Waals surface area contributed by atoms with Gasteiger partial charge in [0.15, 0.2) is 6.10 Å². The summed E-state index contributed by atoms with van der Waals surface area (Å²) in [5.41, 5.74) is 2.03. The van der Waals surface area contributed by atoms with Gasteiger partial charge in [-0.1, -0.05) is 12.1 Å². The molecule has 1 fully saturated rings. The number of hydrogen-bond acceptors (Lipinski definition) is 7. The van der Waals surface area contributed by atoms with E-state index in [2.05, 4.69) is 0 Å². The molecule has 2 aliphatic carbocycles. The van der Waals surface area contributed by atoms with Crippen molar-refractivity contribution < 1.29 is 34.3 Å². The first-order chi connectivity index (χ1) is 13.0. The summed E-state index contributed by atoms with van der Waals surface area (Å²) in [5.74, 6) is -1.71. The summed E-state index contributed by atoms with van der Waals surface area (Å²) in [4.78, 5) is 0. The SMILES string of the molecule is Oc1ccc2c3c1[C@@H](O)[C@H]1O[C@H]1[C@]31Oc3cccc4c3[C@](C=C[C@@H]4O)(O2)O1. The van der Waals surface area contributed by atoms with E-state index in [9.17, 15) is 15.3 Å². The summed E-state index contributed by atoms with van der Waals surface area (Å²) in [6.45, 7) is 0. The van der Waals surface area contributed by atoms with Crippen molar-refractivity contribution >= 4 is 0 Å². The number of aliphatic hydroxyl groups is 2. The Morgan fingerprint density at radius 3 is 2.70 bits per heavy atom. The van der Waals surface area contributed by atoms with Crippen LogP contribution in [-0.2, 0) is 21.0 Å². The van der Waals surface area contributed by atoms with Gasteiger partial charge in [-0.25, -0.2) is 0 Å². The van der Waals surface area contributed by atoms with Gasteiger partial charge in [-0.2, -0.15) is 0 Å². The largest absolute Gasteiger partial charge is 0.508 e. The monoisotopic (exact) mass is 366 g/mol. The molecule has 136 valence electrons. The maximum atomic E-state index is 10.6. The Morgan fingerprint density at radius 2 is 1.81 bits per heavy atom. The molecule has 27 heavy (non-hydrogen) atoms. The van der Waals surface area contributed by atoms with Gasteiger partial charge >= 0.3 is 0 Å². The maximum Gasteiger partial charge on any atom is 0.274 e. The smallest absolute Gasteiger partial charge is 0.274 e. The fourth-order valence-corrected chi connectivity index (χ4v) is 4.95. The summed E-state index contributed by atoms with van der Waals surface area (Å²) in [6.07, 6.45) is 0.476. The molecule has 1 saturated heterocycles. The van der Waals surface area contributed by atoms with Gasteiger partial charge < -0.3 is 29.5 Å². The molecule has 3 heterocycles. The zero-order chi connectivity index (χ0) is 18.1. The Balaban J connectivity index is 1.59. The molecule has 3 N–H and O–H groups in total. The van der Waals surface area contributed by atoms with Crippen molar-refractivity contribution in [1.29, 1.82) is 0 Å². The topological polar surface area (TPSA) is 101 Å². The van der Waals surface area contributed by atoms with Crippen molar-refractivity contribution in [2.75, 3.05) is 0 Å². The highest BCUT2D eigenvalue weighted by Gasteiger charge is 2.74. The number of hydrogen-bond donors (Lipinski definition) is 3. The van der Waals surface area contributed by atoms with Gasteiger partial charge in [0, 0.05) is 5.56 Å². The lowest BCUT2D eigenvalue weighted by Crippen LogP contribution is -2.60. The third-order valence-electron chi connectivity index (χ3n) is 6.09. The highest BCUT2D eigenvalue weighted by Crippen LogP contribution is 2.66. The Morgan fingerprint density at radius 1 is 0.963 bits per heavy atom. The van der Waals surface area contributed by atoms with E-state index in [0.717, 1.165) is 0 Å². The summed E-state index contributed by atoms with van der Waals surface area (Å²) in [5, 5.41) is 31.4. The van der Waals surface area contributed by atoms with Crippen molar-refractivity contribution in [2.45, 2.75) is 36.0 Å². The molecular weight excluding hydrogens is 352 g/mol. The van der Waals surface area contributed by atoms with Crippen molar-refractivity contribution in [3.05, 3.63) is 64.7 Å². The minimum atomic E-state index is -1.34. The van der Waals surface area contributed by atoms with Gasteiger partial charge in [0.25, 0.3) is 11.6 Å². The molecule has 2 aromatic rings. The predicted molar refractivity (Wildman–Crippen MR) is 88.0 cm³/mol. The lowest BCUT2D eigenvalue weighted by Gasteiger charge is -2.53. The molecule has 0 amide bonds. The molecule has 0 aromatic heterocycles. The van der Waals surface area contributed by atoms with Gasteiger partial charge in [-0.15, -0.1) is 0 Å². The quantitative estimate of drug-likeness (QED) is 0.481. The van der Waals surface area contributed by atoms with E-state index in [1.807, 2.05) is 6.07 Å². The number of aromatic hydroxyl groups is 1. The molecule has 2 aromatic carbocycles. The Kier molecular flexibility index (Phi) is 2.21. The molecule has 0 radical (unpaired) electrons. The van der Waals surface area contributed by atoms with E-state index < -0.39 is 36.0 Å². The Labute approximate surface area is 153 Å². The summed E-state index contributed by atoms with van der Waals surface area (Å²) in [6, 6.07) is 8.53. The van der Waals surface area contributed by atoms with Crippen LogP contribution in [0, 0.1) is 0 Å². The fraction of sp³-hybridized carbons (Fsp3) is 0.300. The van der Waals surface area contributed by atoms with Gasteiger partial charge in [-0.05, 0) is 35.9 Å². The van der Waals surface area contributed by atoms with Gasteiger partial charge in [0.2, 0.25) is 0 Å². The van der Waals surface area contributed by atoms with Crippen molar-refractivity contribution in [2.24, 2.45) is 0 Å². The standard InChI is InChI=1S/C20H14O7/c21-9-6-7-19-14-8(9)2-1-3-11(14)26-20(27-19)15-12(25-19)5-4-10(22)13(15)16(23)17-18(20)24-17/h1-7,9,16-18,21-23H/t9-,16+,17+,18+,19+,20-/m0/s1. The van der Waals surface area contributed by atoms with Crippen LogP contribution in [-0.4, -0.2) is 27.5 Å². The lowest BCUT2D eigenvalue weighted by atomic mass is 9.79. The van der Waals surface area contributed by atoms with Gasteiger partial charge in [-0.3, -0.25) is 4.74 Å². The maximum absolute atomic E-state index is 10.6. The normalized spacial score (nSPS) is 40.8. The molecule has 7 nitrogen and oxygen atoms in total.